The third-order valence-corrected chi connectivity index (χ3v) is 2.13. The molecular formula is C11H10N2O2. The Morgan fingerprint density at radius 3 is 2.87 bits per heavy atom. The summed E-state index contributed by atoms with van der Waals surface area (Å²) in [5.41, 5.74) is 1.22. The fraction of sp³-hybridized carbons (Fsp3) is 0.0909. The van der Waals surface area contributed by atoms with Gasteiger partial charge in [-0.15, -0.1) is 0 Å². The van der Waals surface area contributed by atoms with Crippen LogP contribution in [0.2, 0.25) is 0 Å². The molecule has 2 rings (SSSR count). The number of hydrogen-bond acceptors (Lipinski definition) is 3. The van der Waals surface area contributed by atoms with Gasteiger partial charge in [0, 0.05) is 12.4 Å². The van der Waals surface area contributed by atoms with Crippen LogP contribution in [0.5, 0.6) is 5.75 Å². The van der Waals surface area contributed by atoms with Crippen molar-refractivity contribution in [1.82, 2.24) is 9.78 Å². The Morgan fingerprint density at radius 2 is 2.27 bits per heavy atom. The van der Waals surface area contributed by atoms with E-state index in [2.05, 4.69) is 5.10 Å². The second-order valence-electron chi connectivity index (χ2n) is 2.96. The van der Waals surface area contributed by atoms with Gasteiger partial charge in [-0.05, 0) is 18.2 Å². The van der Waals surface area contributed by atoms with E-state index < -0.39 is 0 Å². The van der Waals surface area contributed by atoms with Crippen molar-refractivity contribution in [2.75, 3.05) is 7.11 Å². The number of carbonyl (C=O) groups excluding carboxylic acids is 1. The maximum Gasteiger partial charge on any atom is 0.155 e. The van der Waals surface area contributed by atoms with Crippen molar-refractivity contribution in [3.8, 4) is 11.4 Å². The van der Waals surface area contributed by atoms with Crippen LogP contribution in [0.25, 0.3) is 5.69 Å². The summed E-state index contributed by atoms with van der Waals surface area (Å²) in [7, 11) is 1.54. The van der Waals surface area contributed by atoms with E-state index >= 15 is 0 Å². The first kappa shape index (κ1) is 9.45. The largest absolute Gasteiger partial charge is 0.496 e. The quantitative estimate of drug-likeness (QED) is 0.711. The minimum absolute atomic E-state index is 0.503. The lowest BCUT2D eigenvalue weighted by atomic mass is 10.2. The Labute approximate surface area is 87.1 Å². The zero-order valence-electron chi connectivity index (χ0n) is 8.25. The lowest BCUT2D eigenvalue weighted by molar-refractivity contribution is 0.112. The van der Waals surface area contributed by atoms with E-state index in [9.17, 15) is 4.79 Å². The Kier molecular flexibility index (Phi) is 2.49. The number of hydrogen-bond donors (Lipinski definition) is 0. The molecule has 0 radical (unpaired) electrons. The van der Waals surface area contributed by atoms with E-state index in [1.807, 2.05) is 12.1 Å². The van der Waals surface area contributed by atoms with Crippen molar-refractivity contribution in [3.63, 3.8) is 0 Å². The highest BCUT2D eigenvalue weighted by Gasteiger charge is 2.09. The average molecular weight is 202 g/mol. The van der Waals surface area contributed by atoms with Crippen molar-refractivity contribution < 1.29 is 9.53 Å². The summed E-state index contributed by atoms with van der Waals surface area (Å²) in [5.74, 6) is 0.554. The molecule has 0 atom stereocenters. The normalized spacial score (nSPS) is 9.93. The van der Waals surface area contributed by atoms with Gasteiger partial charge in [0.1, 0.15) is 5.75 Å². The summed E-state index contributed by atoms with van der Waals surface area (Å²) in [6.45, 7) is 0. The van der Waals surface area contributed by atoms with Crippen LogP contribution >= 0.6 is 0 Å². The Balaban J connectivity index is 2.61. The molecular weight excluding hydrogens is 192 g/mol. The average Bonchev–Trinajstić information content (AvgIpc) is 2.81. The van der Waals surface area contributed by atoms with Crippen LogP contribution in [0.1, 0.15) is 10.4 Å². The first-order chi connectivity index (χ1) is 7.36. The molecule has 4 heteroatoms. The van der Waals surface area contributed by atoms with Crippen LogP contribution in [-0.2, 0) is 0 Å². The molecule has 1 heterocycles. The van der Waals surface area contributed by atoms with E-state index in [1.165, 1.54) is 7.11 Å². The summed E-state index contributed by atoms with van der Waals surface area (Å²) < 4.78 is 6.73. The van der Waals surface area contributed by atoms with Crippen molar-refractivity contribution in [1.29, 1.82) is 0 Å². The van der Waals surface area contributed by atoms with E-state index in [4.69, 9.17) is 4.74 Å². The van der Waals surface area contributed by atoms with Crippen LogP contribution in [0.4, 0.5) is 0 Å². The van der Waals surface area contributed by atoms with E-state index in [0.717, 1.165) is 6.29 Å². The molecule has 0 saturated heterocycles. The molecule has 0 fully saturated rings. The third-order valence-electron chi connectivity index (χ3n) is 2.13. The number of carbonyl (C=O) groups is 1. The van der Waals surface area contributed by atoms with Gasteiger partial charge >= 0.3 is 0 Å². The second kappa shape index (κ2) is 3.96. The molecule has 15 heavy (non-hydrogen) atoms. The van der Waals surface area contributed by atoms with Crippen LogP contribution in [0.3, 0.4) is 0 Å². The second-order valence-corrected chi connectivity index (χ2v) is 2.96. The number of aromatic nitrogens is 2. The van der Waals surface area contributed by atoms with Crippen molar-refractivity contribution in [2.24, 2.45) is 0 Å². The molecule has 0 aliphatic carbocycles. The molecule has 1 aromatic carbocycles. The predicted octanol–water partition coefficient (Wildman–Crippen LogP) is 1.69. The zero-order chi connectivity index (χ0) is 10.7. The van der Waals surface area contributed by atoms with E-state index in [0.29, 0.717) is 17.0 Å². The van der Waals surface area contributed by atoms with Gasteiger partial charge in [0.05, 0.1) is 18.4 Å². The number of nitrogens with zero attached hydrogens (tertiary/aromatic N) is 2. The van der Waals surface area contributed by atoms with Gasteiger partial charge in [-0.1, -0.05) is 6.07 Å². The minimum atomic E-state index is 0.503. The van der Waals surface area contributed by atoms with Gasteiger partial charge in [-0.25, -0.2) is 4.68 Å². The molecule has 0 unspecified atom stereocenters. The molecule has 4 nitrogen and oxygen atoms in total. The predicted molar refractivity (Wildman–Crippen MR) is 55.5 cm³/mol. The number of benzene rings is 1. The van der Waals surface area contributed by atoms with Gasteiger partial charge in [0.15, 0.2) is 6.29 Å². The molecule has 0 aliphatic heterocycles. The Bertz CT molecular complexity index is 463. The summed E-state index contributed by atoms with van der Waals surface area (Å²) in [5, 5.41) is 4.07. The van der Waals surface area contributed by atoms with Crippen molar-refractivity contribution >= 4 is 6.29 Å². The molecule has 0 aliphatic rings. The van der Waals surface area contributed by atoms with Gasteiger partial charge in [-0.2, -0.15) is 5.10 Å². The Hall–Kier alpha value is -2.10. The maximum atomic E-state index is 11.0. The number of ether oxygens (including phenoxy) is 1. The third kappa shape index (κ3) is 1.61. The highest BCUT2D eigenvalue weighted by atomic mass is 16.5. The molecule has 0 saturated carbocycles. The van der Waals surface area contributed by atoms with Gasteiger partial charge < -0.3 is 4.74 Å². The summed E-state index contributed by atoms with van der Waals surface area (Å²) in [4.78, 5) is 11.0. The number of methoxy groups -OCH3 is 1. The van der Waals surface area contributed by atoms with E-state index in [1.54, 1.807) is 29.2 Å². The first-order valence-electron chi connectivity index (χ1n) is 4.49. The summed E-state index contributed by atoms with van der Waals surface area (Å²) in [6, 6.07) is 7.19. The van der Waals surface area contributed by atoms with Gasteiger partial charge in [0.2, 0.25) is 0 Å². The van der Waals surface area contributed by atoms with Crippen molar-refractivity contribution in [3.05, 3.63) is 42.2 Å². The standard InChI is InChI=1S/C11H10N2O2/c1-15-11-5-2-4-10(9(11)8-14)13-7-3-6-12-13/h2-8H,1H3. The molecule has 0 amide bonds. The van der Waals surface area contributed by atoms with Crippen LogP contribution in [-0.4, -0.2) is 23.2 Å². The fourth-order valence-electron chi connectivity index (χ4n) is 1.44. The fourth-order valence-corrected chi connectivity index (χ4v) is 1.44. The van der Waals surface area contributed by atoms with Gasteiger partial charge in [-0.3, -0.25) is 4.79 Å². The lowest BCUT2D eigenvalue weighted by Crippen LogP contribution is -2.01. The molecule has 76 valence electrons. The zero-order valence-corrected chi connectivity index (χ0v) is 8.25. The Morgan fingerprint density at radius 1 is 1.40 bits per heavy atom. The molecule has 2 aromatic rings. The highest BCUT2D eigenvalue weighted by Crippen LogP contribution is 2.22. The first-order valence-corrected chi connectivity index (χ1v) is 4.49. The van der Waals surface area contributed by atoms with Crippen LogP contribution in [0, 0.1) is 0 Å². The molecule has 1 aromatic heterocycles. The van der Waals surface area contributed by atoms with E-state index in [-0.39, 0.29) is 0 Å². The maximum absolute atomic E-state index is 11.0. The smallest absolute Gasteiger partial charge is 0.155 e. The number of rotatable bonds is 3. The molecule has 0 N–H and O–H groups in total. The van der Waals surface area contributed by atoms with Crippen LogP contribution in [0.15, 0.2) is 36.7 Å². The van der Waals surface area contributed by atoms with Crippen LogP contribution < -0.4 is 4.74 Å². The SMILES string of the molecule is COc1cccc(-n2cccn2)c1C=O. The minimum Gasteiger partial charge on any atom is -0.496 e. The van der Waals surface area contributed by atoms with Gasteiger partial charge in [0.25, 0.3) is 0 Å². The lowest BCUT2D eigenvalue weighted by Gasteiger charge is -2.08. The monoisotopic (exact) mass is 202 g/mol. The topological polar surface area (TPSA) is 44.1 Å². The van der Waals surface area contributed by atoms with Crippen molar-refractivity contribution in [2.45, 2.75) is 0 Å². The molecule has 0 bridgehead atoms. The number of aldehydes is 1. The summed E-state index contributed by atoms with van der Waals surface area (Å²) >= 11 is 0. The highest BCUT2D eigenvalue weighted by molar-refractivity contribution is 5.85. The molecule has 0 spiro atoms. The summed E-state index contributed by atoms with van der Waals surface area (Å²) in [6.07, 6.45) is 4.21.